The minimum absolute atomic E-state index is 0.223. The number of carboxylic acid groups (broad SMARTS) is 1. The van der Waals surface area contributed by atoms with Gasteiger partial charge in [0.15, 0.2) is 0 Å². The van der Waals surface area contributed by atoms with Crippen LogP contribution in [0.1, 0.15) is 9.75 Å². The van der Waals surface area contributed by atoms with Gasteiger partial charge in [0.05, 0.1) is 14.2 Å². The van der Waals surface area contributed by atoms with Crippen molar-refractivity contribution in [2.45, 2.75) is 0 Å². The highest BCUT2D eigenvalue weighted by Crippen LogP contribution is 2.31. The van der Waals surface area contributed by atoms with Crippen LogP contribution in [0.25, 0.3) is 11.6 Å². The van der Waals surface area contributed by atoms with Crippen LogP contribution in [0.2, 0.25) is 8.67 Å². The molecular formula is C11H6Cl2O2S2. The van der Waals surface area contributed by atoms with E-state index in [-0.39, 0.29) is 5.57 Å². The minimum Gasteiger partial charge on any atom is -0.478 e. The van der Waals surface area contributed by atoms with Crippen molar-refractivity contribution in [3.05, 3.63) is 42.7 Å². The number of hydrogen-bond acceptors (Lipinski definition) is 3. The molecule has 0 radical (unpaired) electrons. The van der Waals surface area contributed by atoms with Gasteiger partial charge in [-0.1, -0.05) is 23.2 Å². The topological polar surface area (TPSA) is 37.3 Å². The van der Waals surface area contributed by atoms with Crippen molar-refractivity contribution in [2.24, 2.45) is 0 Å². The standard InChI is InChI=1S/C11H6Cl2O2S2/c12-9-3-1-6(16-9)5-7(11(14)15)8-2-4-10(13)17-8/h1-5H,(H,14,15)/b7-5-. The lowest BCUT2D eigenvalue weighted by molar-refractivity contribution is -0.130. The van der Waals surface area contributed by atoms with E-state index in [0.717, 1.165) is 4.88 Å². The lowest BCUT2D eigenvalue weighted by atomic mass is 10.2. The molecule has 0 amide bonds. The normalized spacial score (nSPS) is 11.8. The maximum absolute atomic E-state index is 11.2. The fourth-order valence-corrected chi connectivity index (χ4v) is 3.30. The first-order valence-electron chi connectivity index (χ1n) is 4.52. The first-order valence-corrected chi connectivity index (χ1v) is 6.91. The molecule has 0 aliphatic rings. The molecule has 17 heavy (non-hydrogen) atoms. The number of hydrogen-bond donors (Lipinski definition) is 1. The van der Waals surface area contributed by atoms with Crippen LogP contribution in [0, 0.1) is 0 Å². The lowest BCUT2D eigenvalue weighted by Gasteiger charge is -1.97. The number of carboxylic acids is 1. The highest BCUT2D eigenvalue weighted by Gasteiger charge is 2.13. The summed E-state index contributed by atoms with van der Waals surface area (Å²) >= 11 is 14.2. The highest BCUT2D eigenvalue weighted by molar-refractivity contribution is 7.18. The highest BCUT2D eigenvalue weighted by atomic mass is 35.5. The van der Waals surface area contributed by atoms with Crippen molar-refractivity contribution in [3.63, 3.8) is 0 Å². The summed E-state index contributed by atoms with van der Waals surface area (Å²) in [5.41, 5.74) is 0.223. The van der Waals surface area contributed by atoms with Crippen LogP contribution in [0.4, 0.5) is 0 Å². The molecule has 0 aromatic carbocycles. The number of aliphatic carboxylic acids is 1. The van der Waals surface area contributed by atoms with Crippen molar-refractivity contribution in [1.29, 1.82) is 0 Å². The smallest absolute Gasteiger partial charge is 0.337 e. The van der Waals surface area contributed by atoms with Gasteiger partial charge in [0.2, 0.25) is 0 Å². The van der Waals surface area contributed by atoms with Crippen LogP contribution < -0.4 is 0 Å². The Morgan fingerprint density at radius 3 is 2.24 bits per heavy atom. The van der Waals surface area contributed by atoms with Crippen molar-refractivity contribution >= 4 is 63.5 Å². The Bertz CT molecular complexity index is 584. The fourth-order valence-electron chi connectivity index (χ4n) is 1.25. The summed E-state index contributed by atoms with van der Waals surface area (Å²) in [6.45, 7) is 0. The van der Waals surface area contributed by atoms with E-state index in [1.165, 1.54) is 22.7 Å². The molecule has 1 N–H and O–H groups in total. The molecule has 88 valence electrons. The summed E-state index contributed by atoms with van der Waals surface area (Å²) in [5, 5.41) is 9.17. The van der Waals surface area contributed by atoms with E-state index in [9.17, 15) is 9.90 Å². The van der Waals surface area contributed by atoms with Gasteiger partial charge in [0.25, 0.3) is 0 Å². The molecule has 0 saturated carbocycles. The van der Waals surface area contributed by atoms with E-state index in [1.807, 2.05) is 0 Å². The molecule has 2 rings (SSSR count). The summed E-state index contributed by atoms with van der Waals surface area (Å²) < 4.78 is 1.20. The van der Waals surface area contributed by atoms with E-state index in [4.69, 9.17) is 23.2 Å². The second-order valence-corrected chi connectivity index (χ2v) is 6.57. The second-order valence-electron chi connectivity index (χ2n) is 3.11. The van der Waals surface area contributed by atoms with Gasteiger partial charge in [-0.25, -0.2) is 4.79 Å². The molecule has 0 fully saturated rings. The van der Waals surface area contributed by atoms with Gasteiger partial charge in [-0.2, -0.15) is 0 Å². The average Bonchev–Trinajstić information content (AvgIpc) is 2.83. The molecule has 0 unspecified atom stereocenters. The summed E-state index contributed by atoms with van der Waals surface area (Å²) in [6, 6.07) is 6.89. The largest absolute Gasteiger partial charge is 0.478 e. The summed E-state index contributed by atoms with van der Waals surface area (Å²) in [6.07, 6.45) is 1.60. The van der Waals surface area contributed by atoms with Crippen LogP contribution in [-0.2, 0) is 4.79 Å². The van der Waals surface area contributed by atoms with Gasteiger partial charge in [-0.05, 0) is 30.3 Å². The zero-order valence-electron chi connectivity index (χ0n) is 8.31. The van der Waals surface area contributed by atoms with E-state index in [0.29, 0.717) is 13.5 Å². The Balaban J connectivity index is 2.42. The SMILES string of the molecule is O=C(O)/C(=C\c1ccc(Cl)s1)c1ccc(Cl)s1. The predicted octanol–water partition coefficient (Wildman–Crippen LogP) is 4.74. The summed E-state index contributed by atoms with van der Waals surface area (Å²) in [5.74, 6) is -0.979. The lowest BCUT2D eigenvalue weighted by Crippen LogP contribution is -1.97. The van der Waals surface area contributed by atoms with Crippen LogP contribution in [0.5, 0.6) is 0 Å². The molecule has 0 aliphatic carbocycles. The second kappa shape index (κ2) is 5.23. The van der Waals surface area contributed by atoms with Gasteiger partial charge in [0, 0.05) is 9.75 Å². The van der Waals surface area contributed by atoms with Crippen LogP contribution in [0.15, 0.2) is 24.3 Å². The third-order valence-electron chi connectivity index (χ3n) is 1.95. The summed E-state index contributed by atoms with van der Waals surface area (Å²) in [4.78, 5) is 12.6. The van der Waals surface area contributed by atoms with E-state index in [1.54, 1.807) is 30.3 Å². The third kappa shape index (κ3) is 3.10. The maximum atomic E-state index is 11.2. The van der Waals surface area contributed by atoms with Gasteiger partial charge >= 0.3 is 5.97 Å². The molecule has 2 aromatic heterocycles. The quantitative estimate of drug-likeness (QED) is 0.831. The molecule has 0 saturated heterocycles. The molecule has 0 bridgehead atoms. The van der Waals surface area contributed by atoms with Crippen molar-refractivity contribution in [2.75, 3.05) is 0 Å². The third-order valence-corrected chi connectivity index (χ3v) is 4.39. The number of rotatable bonds is 3. The molecule has 0 aliphatic heterocycles. The van der Waals surface area contributed by atoms with Crippen LogP contribution >= 0.6 is 45.9 Å². The van der Waals surface area contributed by atoms with E-state index < -0.39 is 5.97 Å². The molecular weight excluding hydrogens is 299 g/mol. The number of thiophene rings is 2. The zero-order valence-corrected chi connectivity index (χ0v) is 11.5. The summed E-state index contributed by atoms with van der Waals surface area (Å²) in [7, 11) is 0. The van der Waals surface area contributed by atoms with Crippen LogP contribution in [-0.4, -0.2) is 11.1 Å². The first-order chi connectivity index (χ1) is 8.06. The number of carbonyl (C=O) groups is 1. The fraction of sp³-hybridized carbons (Fsp3) is 0. The van der Waals surface area contributed by atoms with Crippen molar-refractivity contribution in [1.82, 2.24) is 0 Å². The zero-order chi connectivity index (χ0) is 12.4. The molecule has 2 nitrogen and oxygen atoms in total. The first kappa shape index (κ1) is 12.6. The Morgan fingerprint density at radius 2 is 1.76 bits per heavy atom. The number of halogens is 2. The predicted molar refractivity (Wildman–Crippen MR) is 74.2 cm³/mol. The van der Waals surface area contributed by atoms with Crippen molar-refractivity contribution < 1.29 is 9.90 Å². The molecule has 2 aromatic rings. The Morgan fingerprint density at radius 1 is 1.12 bits per heavy atom. The monoisotopic (exact) mass is 304 g/mol. The van der Waals surface area contributed by atoms with Gasteiger partial charge in [0.1, 0.15) is 0 Å². The van der Waals surface area contributed by atoms with E-state index in [2.05, 4.69) is 0 Å². The average molecular weight is 305 g/mol. The molecule has 6 heteroatoms. The van der Waals surface area contributed by atoms with Crippen LogP contribution in [0.3, 0.4) is 0 Å². The van der Waals surface area contributed by atoms with Gasteiger partial charge in [-0.3, -0.25) is 0 Å². The Labute approximate surface area is 116 Å². The molecule has 2 heterocycles. The minimum atomic E-state index is -0.979. The van der Waals surface area contributed by atoms with Gasteiger partial charge in [-0.15, -0.1) is 22.7 Å². The Hall–Kier alpha value is -0.810. The molecule has 0 atom stereocenters. The molecule has 0 spiro atoms. The van der Waals surface area contributed by atoms with Crippen molar-refractivity contribution in [3.8, 4) is 0 Å². The van der Waals surface area contributed by atoms with E-state index >= 15 is 0 Å². The maximum Gasteiger partial charge on any atom is 0.337 e. The van der Waals surface area contributed by atoms with Gasteiger partial charge < -0.3 is 5.11 Å². The Kier molecular flexibility index (Phi) is 3.89.